The molecule has 0 aliphatic heterocycles. The molecular formula is C19H20BrCl2NO2. The van der Waals surface area contributed by atoms with Crippen LogP contribution in [0.25, 0.3) is 0 Å². The maximum Gasteiger partial charge on any atom is 0.258 e. The standard InChI is InChI=1S/C19H20BrCl2NO2/c1-19(2,3)15-8-13(20)5-7-17(15)25-11-18(24)23-10-12-4-6-14(21)9-16(12)22/h4-9H,10-11H2,1-3H3,(H,23,24). The Hall–Kier alpha value is -1.23. The quantitative estimate of drug-likeness (QED) is 0.637. The van der Waals surface area contributed by atoms with Crippen molar-refractivity contribution in [3.63, 3.8) is 0 Å². The highest BCUT2D eigenvalue weighted by Gasteiger charge is 2.20. The summed E-state index contributed by atoms with van der Waals surface area (Å²) in [6.07, 6.45) is 0. The van der Waals surface area contributed by atoms with Crippen molar-refractivity contribution in [1.82, 2.24) is 5.32 Å². The van der Waals surface area contributed by atoms with Crippen molar-refractivity contribution >= 4 is 45.0 Å². The van der Waals surface area contributed by atoms with Gasteiger partial charge < -0.3 is 10.1 Å². The van der Waals surface area contributed by atoms with E-state index in [1.54, 1.807) is 18.2 Å². The monoisotopic (exact) mass is 443 g/mol. The minimum Gasteiger partial charge on any atom is -0.483 e. The van der Waals surface area contributed by atoms with E-state index < -0.39 is 0 Å². The fourth-order valence-corrected chi connectivity index (χ4v) is 3.10. The van der Waals surface area contributed by atoms with Gasteiger partial charge in [0, 0.05) is 26.6 Å². The molecule has 0 unspecified atom stereocenters. The molecule has 0 aromatic heterocycles. The lowest BCUT2D eigenvalue weighted by molar-refractivity contribution is -0.123. The van der Waals surface area contributed by atoms with Crippen LogP contribution in [0.3, 0.4) is 0 Å². The van der Waals surface area contributed by atoms with Crippen LogP contribution in [0.1, 0.15) is 31.9 Å². The first kappa shape index (κ1) is 20.1. The van der Waals surface area contributed by atoms with Crippen LogP contribution in [0.2, 0.25) is 10.0 Å². The van der Waals surface area contributed by atoms with E-state index in [9.17, 15) is 4.79 Å². The molecule has 0 aliphatic carbocycles. The lowest BCUT2D eigenvalue weighted by Crippen LogP contribution is -2.29. The zero-order valence-corrected chi connectivity index (χ0v) is 17.4. The van der Waals surface area contributed by atoms with Gasteiger partial charge in [0.05, 0.1) is 0 Å². The molecule has 2 rings (SSSR count). The topological polar surface area (TPSA) is 38.3 Å². The second-order valence-corrected chi connectivity index (χ2v) is 8.45. The minimum atomic E-state index is -0.214. The molecule has 3 nitrogen and oxygen atoms in total. The number of rotatable bonds is 5. The van der Waals surface area contributed by atoms with Crippen LogP contribution >= 0.6 is 39.1 Å². The van der Waals surface area contributed by atoms with Crippen molar-refractivity contribution in [2.24, 2.45) is 0 Å². The molecule has 25 heavy (non-hydrogen) atoms. The summed E-state index contributed by atoms with van der Waals surface area (Å²) in [4.78, 5) is 12.1. The van der Waals surface area contributed by atoms with E-state index in [0.29, 0.717) is 22.3 Å². The number of benzene rings is 2. The molecular weight excluding hydrogens is 425 g/mol. The highest BCUT2D eigenvalue weighted by molar-refractivity contribution is 9.10. The lowest BCUT2D eigenvalue weighted by atomic mass is 9.86. The summed E-state index contributed by atoms with van der Waals surface area (Å²) in [6, 6.07) is 11.0. The molecule has 0 spiro atoms. The number of carbonyl (C=O) groups is 1. The van der Waals surface area contributed by atoms with Gasteiger partial charge in [0.25, 0.3) is 5.91 Å². The minimum absolute atomic E-state index is 0.0596. The molecule has 2 aromatic carbocycles. The number of ether oxygens (including phenoxy) is 1. The summed E-state index contributed by atoms with van der Waals surface area (Å²) in [5, 5.41) is 3.89. The molecule has 2 aromatic rings. The number of hydrogen-bond donors (Lipinski definition) is 1. The molecule has 6 heteroatoms. The largest absolute Gasteiger partial charge is 0.483 e. The predicted molar refractivity (Wildman–Crippen MR) is 107 cm³/mol. The number of hydrogen-bond acceptors (Lipinski definition) is 2. The third kappa shape index (κ3) is 5.91. The number of halogens is 3. The van der Waals surface area contributed by atoms with Crippen molar-refractivity contribution in [3.05, 3.63) is 62.0 Å². The third-order valence-electron chi connectivity index (χ3n) is 3.60. The second-order valence-electron chi connectivity index (χ2n) is 6.69. The highest BCUT2D eigenvalue weighted by Crippen LogP contribution is 2.33. The third-order valence-corrected chi connectivity index (χ3v) is 4.68. The summed E-state index contributed by atoms with van der Waals surface area (Å²) in [6.45, 7) is 6.57. The van der Waals surface area contributed by atoms with Gasteiger partial charge in [-0.05, 0) is 41.3 Å². The van der Waals surface area contributed by atoms with Gasteiger partial charge in [-0.2, -0.15) is 0 Å². The van der Waals surface area contributed by atoms with Crippen LogP contribution in [0, 0.1) is 0 Å². The van der Waals surface area contributed by atoms with Gasteiger partial charge in [0.1, 0.15) is 5.75 Å². The van der Waals surface area contributed by atoms with Gasteiger partial charge >= 0.3 is 0 Å². The summed E-state index contributed by atoms with van der Waals surface area (Å²) in [5.41, 5.74) is 1.75. The van der Waals surface area contributed by atoms with Crippen molar-refractivity contribution in [2.45, 2.75) is 32.7 Å². The molecule has 0 radical (unpaired) electrons. The van der Waals surface area contributed by atoms with Gasteiger partial charge in [-0.15, -0.1) is 0 Å². The fraction of sp³-hybridized carbons (Fsp3) is 0.316. The fourth-order valence-electron chi connectivity index (χ4n) is 2.27. The second kappa shape index (κ2) is 8.43. The number of nitrogens with one attached hydrogen (secondary N) is 1. The van der Waals surface area contributed by atoms with Crippen molar-refractivity contribution < 1.29 is 9.53 Å². The summed E-state index contributed by atoms with van der Waals surface area (Å²) < 4.78 is 6.71. The van der Waals surface area contributed by atoms with E-state index in [0.717, 1.165) is 15.6 Å². The van der Waals surface area contributed by atoms with Gasteiger partial charge in [0.2, 0.25) is 0 Å². The number of carbonyl (C=O) groups excluding carboxylic acids is 1. The normalized spacial score (nSPS) is 11.3. The lowest BCUT2D eigenvalue weighted by Gasteiger charge is -2.23. The van der Waals surface area contributed by atoms with E-state index >= 15 is 0 Å². The smallest absolute Gasteiger partial charge is 0.258 e. The van der Waals surface area contributed by atoms with Crippen LogP contribution in [-0.4, -0.2) is 12.5 Å². The maximum atomic E-state index is 12.1. The average molecular weight is 445 g/mol. The van der Waals surface area contributed by atoms with Crippen LogP contribution in [-0.2, 0) is 16.8 Å². The average Bonchev–Trinajstić information content (AvgIpc) is 2.52. The Kier molecular flexibility index (Phi) is 6.78. The Balaban J connectivity index is 1.96. The van der Waals surface area contributed by atoms with E-state index in [2.05, 4.69) is 42.0 Å². The van der Waals surface area contributed by atoms with Crippen LogP contribution in [0.5, 0.6) is 5.75 Å². The molecule has 0 atom stereocenters. The molecule has 1 amide bonds. The Morgan fingerprint density at radius 3 is 2.52 bits per heavy atom. The molecule has 0 bridgehead atoms. The molecule has 0 heterocycles. The van der Waals surface area contributed by atoms with Gasteiger partial charge in [-0.1, -0.05) is 66.0 Å². The van der Waals surface area contributed by atoms with Crippen molar-refractivity contribution in [2.75, 3.05) is 6.61 Å². The Bertz CT molecular complexity index is 773. The predicted octanol–water partition coefficient (Wildman–Crippen LogP) is 5.75. The first-order valence-corrected chi connectivity index (χ1v) is 9.35. The first-order chi connectivity index (χ1) is 11.7. The Morgan fingerprint density at radius 1 is 1.16 bits per heavy atom. The highest BCUT2D eigenvalue weighted by atomic mass is 79.9. The van der Waals surface area contributed by atoms with Crippen LogP contribution in [0.4, 0.5) is 0 Å². The van der Waals surface area contributed by atoms with Gasteiger partial charge in [-0.25, -0.2) is 0 Å². The van der Waals surface area contributed by atoms with Crippen molar-refractivity contribution in [3.8, 4) is 5.75 Å². The molecule has 0 saturated heterocycles. The zero-order chi connectivity index (χ0) is 18.6. The zero-order valence-electron chi connectivity index (χ0n) is 14.3. The van der Waals surface area contributed by atoms with E-state index in [4.69, 9.17) is 27.9 Å². The maximum absolute atomic E-state index is 12.1. The first-order valence-electron chi connectivity index (χ1n) is 7.80. The molecule has 134 valence electrons. The van der Waals surface area contributed by atoms with E-state index in [1.165, 1.54) is 0 Å². The molecule has 0 aliphatic rings. The summed E-state index contributed by atoms with van der Waals surface area (Å²) in [7, 11) is 0. The van der Waals surface area contributed by atoms with Crippen molar-refractivity contribution in [1.29, 1.82) is 0 Å². The van der Waals surface area contributed by atoms with Gasteiger partial charge in [-0.3, -0.25) is 4.79 Å². The molecule has 1 N–H and O–H groups in total. The molecule has 0 saturated carbocycles. The Morgan fingerprint density at radius 2 is 1.88 bits per heavy atom. The van der Waals surface area contributed by atoms with E-state index in [-0.39, 0.29) is 17.9 Å². The van der Waals surface area contributed by atoms with E-state index in [1.807, 2.05) is 18.2 Å². The van der Waals surface area contributed by atoms with Crippen LogP contribution < -0.4 is 10.1 Å². The van der Waals surface area contributed by atoms with Gasteiger partial charge in [0.15, 0.2) is 6.61 Å². The molecule has 0 fully saturated rings. The Labute approximate surface area is 166 Å². The number of amides is 1. The van der Waals surface area contributed by atoms with Crippen LogP contribution in [0.15, 0.2) is 40.9 Å². The summed E-state index contributed by atoms with van der Waals surface area (Å²) in [5.74, 6) is 0.490. The SMILES string of the molecule is CC(C)(C)c1cc(Br)ccc1OCC(=O)NCc1ccc(Cl)cc1Cl. The summed E-state index contributed by atoms with van der Waals surface area (Å²) >= 11 is 15.4.